The van der Waals surface area contributed by atoms with E-state index in [4.69, 9.17) is 0 Å². The molecule has 0 bridgehead atoms. The van der Waals surface area contributed by atoms with Crippen LogP contribution < -0.4 is 0 Å². The van der Waals surface area contributed by atoms with Gasteiger partial charge in [-0.15, -0.1) is 0 Å². The van der Waals surface area contributed by atoms with E-state index in [9.17, 15) is 9.90 Å². The maximum absolute atomic E-state index is 11.6. The van der Waals surface area contributed by atoms with Gasteiger partial charge in [0.15, 0.2) is 0 Å². The van der Waals surface area contributed by atoms with Gasteiger partial charge in [-0.05, 0) is 38.1 Å². The average molecular weight is 267 g/mol. The second-order valence-electron chi connectivity index (χ2n) is 6.65. The lowest BCUT2D eigenvalue weighted by Crippen LogP contribution is -2.41. The Morgan fingerprint density at radius 3 is 2.79 bits per heavy atom. The fourth-order valence-electron chi connectivity index (χ4n) is 4.15. The Morgan fingerprint density at radius 1 is 1.37 bits per heavy atom. The fraction of sp³-hybridized carbons (Fsp3) is 0.938. The zero-order valence-electron chi connectivity index (χ0n) is 12.5. The van der Waals surface area contributed by atoms with Gasteiger partial charge in [0.2, 0.25) is 0 Å². The van der Waals surface area contributed by atoms with Gasteiger partial charge in [-0.3, -0.25) is 9.69 Å². The summed E-state index contributed by atoms with van der Waals surface area (Å²) >= 11 is 0. The van der Waals surface area contributed by atoms with Crippen molar-refractivity contribution in [2.24, 2.45) is 11.3 Å². The highest BCUT2D eigenvalue weighted by Gasteiger charge is 2.45. The molecule has 0 aromatic heterocycles. The summed E-state index contributed by atoms with van der Waals surface area (Å²) in [6.45, 7) is 6.17. The topological polar surface area (TPSA) is 40.5 Å². The van der Waals surface area contributed by atoms with Crippen molar-refractivity contribution in [2.45, 2.75) is 71.3 Å². The molecule has 19 heavy (non-hydrogen) atoms. The van der Waals surface area contributed by atoms with Crippen LogP contribution in [0.25, 0.3) is 0 Å². The molecule has 0 aromatic rings. The number of carbonyl (C=O) groups is 1. The minimum Gasteiger partial charge on any atom is -0.481 e. The highest BCUT2D eigenvalue weighted by atomic mass is 16.4. The molecule has 110 valence electrons. The summed E-state index contributed by atoms with van der Waals surface area (Å²) in [6, 6.07) is 0.650. The van der Waals surface area contributed by atoms with E-state index < -0.39 is 11.4 Å². The molecule has 1 heterocycles. The van der Waals surface area contributed by atoms with E-state index >= 15 is 0 Å². The highest BCUT2D eigenvalue weighted by molar-refractivity contribution is 5.75. The van der Waals surface area contributed by atoms with Crippen LogP contribution in [0.3, 0.4) is 0 Å². The number of hydrogen-bond donors (Lipinski definition) is 1. The molecular formula is C16H29NO2. The summed E-state index contributed by atoms with van der Waals surface area (Å²) < 4.78 is 0. The fourth-order valence-corrected chi connectivity index (χ4v) is 4.15. The van der Waals surface area contributed by atoms with Crippen molar-refractivity contribution in [1.29, 1.82) is 0 Å². The van der Waals surface area contributed by atoms with E-state index in [0.717, 1.165) is 38.3 Å². The van der Waals surface area contributed by atoms with E-state index in [-0.39, 0.29) is 0 Å². The first kappa shape index (κ1) is 14.8. The third kappa shape index (κ3) is 3.13. The molecule has 3 unspecified atom stereocenters. The van der Waals surface area contributed by atoms with Gasteiger partial charge in [-0.25, -0.2) is 0 Å². The SMILES string of the molecule is CCCC1(C(=O)O)CCN(C2CCCC(CC)C2)C1. The maximum Gasteiger partial charge on any atom is 0.310 e. The van der Waals surface area contributed by atoms with Crippen molar-refractivity contribution in [3.05, 3.63) is 0 Å². The van der Waals surface area contributed by atoms with Gasteiger partial charge in [0.1, 0.15) is 0 Å². The van der Waals surface area contributed by atoms with E-state index in [1.54, 1.807) is 0 Å². The van der Waals surface area contributed by atoms with Crippen LogP contribution in [0, 0.1) is 11.3 Å². The predicted molar refractivity (Wildman–Crippen MR) is 77.2 cm³/mol. The summed E-state index contributed by atoms with van der Waals surface area (Å²) in [5.74, 6) is 0.296. The number of rotatable bonds is 5. The lowest BCUT2D eigenvalue weighted by atomic mass is 9.81. The first-order valence-corrected chi connectivity index (χ1v) is 8.08. The monoisotopic (exact) mass is 267 g/mol. The molecule has 0 aromatic carbocycles. The van der Waals surface area contributed by atoms with E-state index in [2.05, 4.69) is 18.7 Å². The number of aliphatic carboxylic acids is 1. The van der Waals surface area contributed by atoms with E-state index in [1.807, 2.05) is 0 Å². The smallest absolute Gasteiger partial charge is 0.310 e. The van der Waals surface area contributed by atoms with Gasteiger partial charge in [-0.2, -0.15) is 0 Å². The molecule has 0 amide bonds. The predicted octanol–water partition coefficient (Wildman–Crippen LogP) is 3.53. The molecule has 3 heteroatoms. The van der Waals surface area contributed by atoms with Crippen molar-refractivity contribution < 1.29 is 9.90 Å². The maximum atomic E-state index is 11.6. The Morgan fingerprint density at radius 2 is 2.16 bits per heavy atom. The molecule has 1 saturated carbocycles. The average Bonchev–Trinajstić information content (AvgIpc) is 2.85. The van der Waals surface area contributed by atoms with Crippen molar-refractivity contribution in [1.82, 2.24) is 4.90 Å². The van der Waals surface area contributed by atoms with Gasteiger partial charge in [0.05, 0.1) is 5.41 Å². The summed E-state index contributed by atoms with van der Waals surface area (Å²) in [6.07, 6.45) is 9.21. The Labute approximate surface area is 117 Å². The van der Waals surface area contributed by atoms with Crippen LogP contribution in [0.1, 0.15) is 65.2 Å². The number of nitrogens with zero attached hydrogens (tertiary/aromatic N) is 1. The van der Waals surface area contributed by atoms with Crippen LogP contribution >= 0.6 is 0 Å². The molecule has 1 saturated heterocycles. The zero-order chi connectivity index (χ0) is 13.9. The minimum atomic E-state index is -0.570. The standard InChI is InChI=1S/C16H29NO2/c1-3-8-16(15(18)19)9-10-17(12-16)14-7-5-6-13(4-2)11-14/h13-14H,3-12H2,1-2H3,(H,18,19). The molecule has 3 nitrogen and oxygen atoms in total. The molecule has 2 rings (SSSR count). The number of carboxylic acid groups (broad SMARTS) is 1. The third-order valence-electron chi connectivity index (χ3n) is 5.41. The van der Waals surface area contributed by atoms with Crippen molar-refractivity contribution in [2.75, 3.05) is 13.1 Å². The van der Waals surface area contributed by atoms with Crippen molar-refractivity contribution >= 4 is 5.97 Å². The van der Waals surface area contributed by atoms with Crippen LogP contribution in [0.15, 0.2) is 0 Å². The second kappa shape index (κ2) is 6.25. The molecule has 1 aliphatic carbocycles. The first-order chi connectivity index (χ1) is 9.11. The molecule has 1 N–H and O–H groups in total. The lowest BCUT2D eigenvalue weighted by molar-refractivity contribution is -0.148. The quantitative estimate of drug-likeness (QED) is 0.828. The number of carboxylic acids is 1. The van der Waals surface area contributed by atoms with Crippen LogP contribution in [-0.4, -0.2) is 35.1 Å². The van der Waals surface area contributed by atoms with E-state index in [1.165, 1.54) is 32.1 Å². The Hall–Kier alpha value is -0.570. The summed E-state index contributed by atoms with van der Waals surface area (Å²) in [5.41, 5.74) is -0.450. The molecule has 0 spiro atoms. The zero-order valence-corrected chi connectivity index (χ0v) is 12.5. The van der Waals surface area contributed by atoms with Crippen LogP contribution in [0.5, 0.6) is 0 Å². The van der Waals surface area contributed by atoms with Gasteiger partial charge in [0.25, 0.3) is 0 Å². The minimum absolute atomic E-state index is 0.450. The molecule has 2 aliphatic rings. The largest absolute Gasteiger partial charge is 0.481 e. The summed E-state index contributed by atoms with van der Waals surface area (Å²) in [5, 5.41) is 9.58. The number of hydrogen-bond acceptors (Lipinski definition) is 2. The molecule has 1 aliphatic heterocycles. The first-order valence-electron chi connectivity index (χ1n) is 8.08. The van der Waals surface area contributed by atoms with E-state index in [0.29, 0.717) is 6.04 Å². The van der Waals surface area contributed by atoms with Crippen molar-refractivity contribution in [3.63, 3.8) is 0 Å². The lowest BCUT2D eigenvalue weighted by Gasteiger charge is -2.36. The normalized spacial score (nSPS) is 36.5. The Kier molecular flexibility index (Phi) is 4.88. The molecular weight excluding hydrogens is 238 g/mol. The number of likely N-dealkylation sites (tertiary alicyclic amines) is 1. The van der Waals surface area contributed by atoms with Gasteiger partial charge >= 0.3 is 5.97 Å². The Balaban J connectivity index is 1.98. The van der Waals surface area contributed by atoms with Gasteiger partial charge < -0.3 is 5.11 Å². The van der Waals surface area contributed by atoms with Crippen LogP contribution in [0.2, 0.25) is 0 Å². The van der Waals surface area contributed by atoms with Gasteiger partial charge in [-0.1, -0.05) is 39.5 Å². The highest BCUT2D eigenvalue weighted by Crippen LogP contribution is 2.39. The van der Waals surface area contributed by atoms with Crippen LogP contribution in [0.4, 0.5) is 0 Å². The van der Waals surface area contributed by atoms with Crippen LogP contribution in [-0.2, 0) is 4.79 Å². The van der Waals surface area contributed by atoms with Gasteiger partial charge in [0, 0.05) is 12.6 Å². The molecule has 0 radical (unpaired) electrons. The summed E-state index contributed by atoms with van der Waals surface area (Å²) in [7, 11) is 0. The summed E-state index contributed by atoms with van der Waals surface area (Å²) in [4.78, 5) is 14.1. The third-order valence-corrected chi connectivity index (χ3v) is 5.41. The van der Waals surface area contributed by atoms with Crippen molar-refractivity contribution in [3.8, 4) is 0 Å². The second-order valence-corrected chi connectivity index (χ2v) is 6.65. The molecule has 2 fully saturated rings. The Bertz CT molecular complexity index is 318. The molecule has 3 atom stereocenters.